The van der Waals surface area contributed by atoms with Gasteiger partial charge in [-0.25, -0.2) is 0 Å². The number of rotatable bonds is 3. The maximum Gasteiger partial charge on any atom is 0.162 e. The lowest BCUT2D eigenvalue weighted by atomic mass is 10.3. The van der Waals surface area contributed by atoms with Crippen molar-refractivity contribution >= 4 is 11.8 Å². The highest BCUT2D eigenvalue weighted by molar-refractivity contribution is 7.99. The molecule has 19 heavy (non-hydrogen) atoms. The Morgan fingerprint density at radius 3 is 2.89 bits per heavy atom. The van der Waals surface area contributed by atoms with Gasteiger partial charge in [-0.3, -0.25) is 0 Å². The Balaban J connectivity index is 1.60. The Hall–Kier alpha value is -0.910. The first-order valence-electron chi connectivity index (χ1n) is 6.76. The van der Waals surface area contributed by atoms with Gasteiger partial charge < -0.3 is 19.5 Å². The highest BCUT2D eigenvalue weighted by Crippen LogP contribution is 2.34. The van der Waals surface area contributed by atoms with Crippen LogP contribution in [0, 0.1) is 0 Å². The molecule has 5 heteroatoms. The summed E-state index contributed by atoms with van der Waals surface area (Å²) in [4.78, 5) is 1.21. The summed E-state index contributed by atoms with van der Waals surface area (Å²) < 4.78 is 17.0. The van der Waals surface area contributed by atoms with Crippen LogP contribution in [0.1, 0.15) is 6.42 Å². The summed E-state index contributed by atoms with van der Waals surface area (Å²) in [5.74, 6) is 2.69. The third-order valence-electron chi connectivity index (χ3n) is 3.16. The van der Waals surface area contributed by atoms with Crippen LogP contribution in [0.4, 0.5) is 0 Å². The molecule has 3 rings (SSSR count). The van der Waals surface area contributed by atoms with Crippen molar-refractivity contribution in [1.82, 2.24) is 5.32 Å². The predicted molar refractivity (Wildman–Crippen MR) is 75.4 cm³/mol. The molecule has 0 aromatic heterocycles. The molecule has 0 saturated carbocycles. The first kappa shape index (κ1) is 13.1. The first-order chi connectivity index (χ1) is 9.42. The van der Waals surface area contributed by atoms with E-state index in [-0.39, 0.29) is 0 Å². The van der Waals surface area contributed by atoms with Gasteiger partial charge in [-0.1, -0.05) is 0 Å². The van der Waals surface area contributed by atoms with Gasteiger partial charge >= 0.3 is 0 Å². The van der Waals surface area contributed by atoms with Crippen LogP contribution >= 0.6 is 11.8 Å². The molecule has 1 fully saturated rings. The molecule has 2 aliphatic rings. The highest BCUT2D eigenvalue weighted by atomic mass is 32.2. The molecule has 1 aromatic carbocycles. The molecule has 1 atom stereocenters. The van der Waals surface area contributed by atoms with Crippen LogP contribution in [-0.4, -0.2) is 44.8 Å². The molecule has 0 radical (unpaired) electrons. The van der Waals surface area contributed by atoms with Crippen molar-refractivity contribution in [1.29, 1.82) is 0 Å². The zero-order valence-electron chi connectivity index (χ0n) is 10.9. The fourth-order valence-corrected chi connectivity index (χ4v) is 3.10. The van der Waals surface area contributed by atoms with Crippen LogP contribution in [0.15, 0.2) is 23.1 Å². The number of nitrogens with one attached hydrogen (secondary N) is 1. The number of hydrogen-bond donors (Lipinski definition) is 1. The van der Waals surface area contributed by atoms with Crippen LogP contribution in [0.25, 0.3) is 0 Å². The van der Waals surface area contributed by atoms with Crippen molar-refractivity contribution in [3.05, 3.63) is 18.2 Å². The van der Waals surface area contributed by atoms with E-state index in [1.807, 2.05) is 6.07 Å². The molecular formula is C14H19NO3S. The van der Waals surface area contributed by atoms with Gasteiger partial charge in [-0.05, 0) is 18.2 Å². The second kappa shape index (κ2) is 6.50. The average Bonchev–Trinajstić information content (AvgIpc) is 2.71. The van der Waals surface area contributed by atoms with Crippen molar-refractivity contribution in [3.8, 4) is 11.5 Å². The Bertz CT molecular complexity index is 421. The van der Waals surface area contributed by atoms with Gasteiger partial charge in [0.05, 0.1) is 25.9 Å². The molecule has 0 bridgehead atoms. The molecule has 2 heterocycles. The molecule has 2 aliphatic heterocycles. The topological polar surface area (TPSA) is 39.7 Å². The fourth-order valence-electron chi connectivity index (χ4n) is 2.15. The zero-order valence-corrected chi connectivity index (χ0v) is 11.7. The SMILES string of the molecule is c1cc2c(cc1SCC1CNCCO1)OCCCO2. The van der Waals surface area contributed by atoms with E-state index in [9.17, 15) is 0 Å². The van der Waals surface area contributed by atoms with E-state index >= 15 is 0 Å². The molecule has 0 spiro atoms. The molecule has 4 nitrogen and oxygen atoms in total. The summed E-state index contributed by atoms with van der Waals surface area (Å²) in [5.41, 5.74) is 0. The Morgan fingerprint density at radius 2 is 2.05 bits per heavy atom. The van der Waals surface area contributed by atoms with E-state index in [1.165, 1.54) is 4.90 Å². The summed E-state index contributed by atoms with van der Waals surface area (Å²) in [6, 6.07) is 6.17. The molecular weight excluding hydrogens is 262 g/mol. The molecule has 1 unspecified atom stereocenters. The standard InChI is InChI=1S/C14H19NO3S/c1-5-17-13-3-2-12(8-14(13)18-6-1)19-10-11-9-15-4-7-16-11/h2-3,8,11,15H,1,4-7,9-10H2. The lowest BCUT2D eigenvalue weighted by Gasteiger charge is -2.23. The number of thioether (sulfide) groups is 1. The van der Waals surface area contributed by atoms with Crippen molar-refractivity contribution in [2.24, 2.45) is 0 Å². The second-order valence-corrected chi connectivity index (χ2v) is 5.76. The lowest BCUT2D eigenvalue weighted by molar-refractivity contribution is 0.0441. The third-order valence-corrected chi connectivity index (χ3v) is 4.28. The maximum absolute atomic E-state index is 5.70. The predicted octanol–water partition coefficient (Wildman–Crippen LogP) is 1.93. The summed E-state index contributed by atoms with van der Waals surface area (Å²) in [6.45, 7) is 4.19. The van der Waals surface area contributed by atoms with Gasteiger partial charge in [0, 0.05) is 30.2 Å². The van der Waals surface area contributed by atoms with Crippen LogP contribution < -0.4 is 14.8 Å². The highest BCUT2D eigenvalue weighted by Gasteiger charge is 2.15. The van der Waals surface area contributed by atoms with E-state index in [0.717, 1.165) is 56.6 Å². The fraction of sp³-hybridized carbons (Fsp3) is 0.571. The number of hydrogen-bond acceptors (Lipinski definition) is 5. The van der Waals surface area contributed by atoms with E-state index < -0.39 is 0 Å². The largest absolute Gasteiger partial charge is 0.490 e. The number of morpholine rings is 1. The Morgan fingerprint density at radius 1 is 1.16 bits per heavy atom. The van der Waals surface area contributed by atoms with Crippen LogP contribution in [-0.2, 0) is 4.74 Å². The molecule has 104 valence electrons. The third kappa shape index (κ3) is 3.55. The van der Waals surface area contributed by atoms with Crippen LogP contribution in [0.2, 0.25) is 0 Å². The lowest BCUT2D eigenvalue weighted by Crippen LogP contribution is -2.39. The van der Waals surface area contributed by atoms with E-state index in [1.54, 1.807) is 11.8 Å². The van der Waals surface area contributed by atoms with E-state index in [2.05, 4.69) is 17.4 Å². The van der Waals surface area contributed by atoms with E-state index in [4.69, 9.17) is 14.2 Å². The number of fused-ring (bicyclic) bond motifs is 1. The molecule has 0 aliphatic carbocycles. The monoisotopic (exact) mass is 281 g/mol. The minimum atomic E-state index is 0.301. The number of ether oxygens (including phenoxy) is 3. The Kier molecular flexibility index (Phi) is 4.48. The smallest absolute Gasteiger partial charge is 0.162 e. The van der Waals surface area contributed by atoms with Crippen LogP contribution in [0.5, 0.6) is 11.5 Å². The molecule has 0 amide bonds. The van der Waals surface area contributed by atoms with Gasteiger partial charge in [0.25, 0.3) is 0 Å². The van der Waals surface area contributed by atoms with E-state index in [0.29, 0.717) is 6.10 Å². The van der Waals surface area contributed by atoms with Crippen molar-refractivity contribution in [2.45, 2.75) is 17.4 Å². The van der Waals surface area contributed by atoms with Gasteiger partial charge in [-0.2, -0.15) is 0 Å². The van der Waals surface area contributed by atoms with Crippen molar-refractivity contribution in [2.75, 3.05) is 38.7 Å². The summed E-state index contributed by atoms with van der Waals surface area (Å²) >= 11 is 1.81. The Labute approximate surface area is 117 Å². The van der Waals surface area contributed by atoms with Gasteiger partial charge in [-0.15, -0.1) is 11.8 Å². The van der Waals surface area contributed by atoms with Gasteiger partial charge in [0.1, 0.15) is 0 Å². The summed E-state index contributed by atoms with van der Waals surface area (Å²) in [5, 5.41) is 3.35. The zero-order chi connectivity index (χ0) is 12.9. The minimum Gasteiger partial charge on any atom is -0.490 e. The first-order valence-corrected chi connectivity index (χ1v) is 7.75. The normalized spacial score (nSPS) is 22.8. The van der Waals surface area contributed by atoms with Crippen molar-refractivity contribution < 1.29 is 14.2 Å². The summed E-state index contributed by atoms with van der Waals surface area (Å²) in [6.07, 6.45) is 1.24. The molecule has 1 aromatic rings. The minimum absolute atomic E-state index is 0.301. The number of benzene rings is 1. The van der Waals surface area contributed by atoms with Crippen molar-refractivity contribution in [3.63, 3.8) is 0 Å². The van der Waals surface area contributed by atoms with Crippen LogP contribution in [0.3, 0.4) is 0 Å². The molecule has 1 N–H and O–H groups in total. The quantitative estimate of drug-likeness (QED) is 0.857. The second-order valence-electron chi connectivity index (χ2n) is 4.67. The molecule has 1 saturated heterocycles. The summed E-state index contributed by atoms with van der Waals surface area (Å²) in [7, 11) is 0. The van der Waals surface area contributed by atoms with Gasteiger partial charge in [0.15, 0.2) is 11.5 Å². The maximum atomic E-state index is 5.70. The average molecular weight is 281 g/mol. The van der Waals surface area contributed by atoms with Gasteiger partial charge in [0.2, 0.25) is 0 Å².